The molecule has 0 unspecified atom stereocenters. The molecule has 0 aromatic heterocycles. The van der Waals surface area contributed by atoms with Gasteiger partial charge in [0.15, 0.2) is 0 Å². The Kier molecular flexibility index (Phi) is 7.80. The van der Waals surface area contributed by atoms with E-state index in [0.29, 0.717) is 0 Å². The maximum atomic E-state index is 4.94. The summed E-state index contributed by atoms with van der Waals surface area (Å²) in [6, 6.07) is 8.47. The number of hydrogen-bond acceptors (Lipinski definition) is 0. The summed E-state index contributed by atoms with van der Waals surface area (Å²) in [6.07, 6.45) is 16.8. The smallest absolute Gasteiger partial charge is 0.662 e. The number of hydrogen-bond donors (Lipinski definition) is 0. The van der Waals surface area contributed by atoms with Crippen molar-refractivity contribution in [2.24, 2.45) is 10.8 Å². The topological polar surface area (TPSA) is 56.4 Å². The van der Waals surface area contributed by atoms with Gasteiger partial charge in [0.05, 0.1) is 0 Å². The molecular weight excluding hydrogens is 528 g/mol. The fourth-order valence-electron chi connectivity index (χ4n) is 4.57. The van der Waals surface area contributed by atoms with E-state index in [2.05, 4.69) is 113 Å². The average Bonchev–Trinajstić information content (AvgIpc) is 2.87. The van der Waals surface area contributed by atoms with Gasteiger partial charge in [-0.15, -0.1) is 22.7 Å². The second-order valence-corrected chi connectivity index (χ2v) is 12.2. The van der Waals surface area contributed by atoms with Crippen LogP contribution in [0.1, 0.15) is 55.4 Å². The Morgan fingerprint density at radius 2 is 0.692 bits per heavy atom. The first-order valence-corrected chi connectivity index (χ1v) is 13.3. The number of allylic oxidation sites excluding steroid dienone is 8. The first-order valence-electron chi connectivity index (χ1n) is 13.3. The molecule has 0 bridgehead atoms. The summed E-state index contributed by atoms with van der Waals surface area (Å²) in [5.41, 5.74) is 8.38. The normalized spacial score (nSPS) is 16.2. The molecule has 0 saturated carbocycles. The maximum absolute atomic E-state index is 4.94. The Hall–Kier alpha value is -3.40. The Bertz CT molecular complexity index is 1560. The Morgan fingerprint density at radius 3 is 1.00 bits per heavy atom. The van der Waals surface area contributed by atoms with Gasteiger partial charge in [-0.05, 0) is 31.7 Å². The molecule has 39 heavy (non-hydrogen) atoms. The fourth-order valence-corrected chi connectivity index (χ4v) is 4.57. The Balaban J connectivity index is 0.000000184. The first kappa shape index (κ1) is 28.6. The molecular formula is C34H36CuN4-3. The molecule has 6 rings (SSSR count). The van der Waals surface area contributed by atoms with E-state index in [0.717, 1.165) is 66.4 Å². The second kappa shape index (κ2) is 10.6. The third kappa shape index (κ3) is 5.95. The van der Waals surface area contributed by atoms with Crippen molar-refractivity contribution in [3.8, 4) is 0 Å². The molecule has 0 N–H and O–H groups in total. The summed E-state index contributed by atoms with van der Waals surface area (Å²) in [7, 11) is 0. The molecule has 4 aliphatic heterocycles. The quantitative estimate of drug-likeness (QED) is 0.290. The van der Waals surface area contributed by atoms with Gasteiger partial charge >= 0.3 is 17.1 Å². The molecule has 5 heteroatoms. The van der Waals surface area contributed by atoms with Crippen LogP contribution >= 0.6 is 0 Å². The van der Waals surface area contributed by atoms with Gasteiger partial charge in [0.1, 0.15) is 0 Å². The van der Waals surface area contributed by atoms with Crippen molar-refractivity contribution >= 4 is 47.1 Å². The SMILES string of the molecule is CC(C)(C)C1=CC=c2ccc3c(c2[N-]1)[N-]C(C(C)(C)C)=CC=3.CC1=CC=c2ccc3c(c2[N-]1)[N-]C(C)=CC=3.[Cu+]. The van der Waals surface area contributed by atoms with Crippen LogP contribution in [0.3, 0.4) is 0 Å². The summed E-state index contributed by atoms with van der Waals surface area (Å²) < 4.78 is 0. The minimum Gasteiger partial charge on any atom is -0.662 e. The van der Waals surface area contributed by atoms with E-state index in [1.807, 2.05) is 26.0 Å². The molecule has 0 atom stereocenters. The predicted octanol–water partition coefficient (Wildman–Crippen LogP) is 8.24. The van der Waals surface area contributed by atoms with E-state index in [1.54, 1.807) is 0 Å². The second-order valence-electron chi connectivity index (χ2n) is 12.2. The summed E-state index contributed by atoms with van der Waals surface area (Å²) in [5.74, 6) is 0. The first-order chi connectivity index (χ1) is 17.9. The van der Waals surface area contributed by atoms with E-state index in [9.17, 15) is 0 Å². The summed E-state index contributed by atoms with van der Waals surface area (Å²) in [5, 5.41) is 23.6. The van der Waals surface area contributed by atoms with E-state index in [4.69, 9.17) is 10.6 Å². The van der Waals surface area contributed by atoms with Crippen molar-refractivity contribution < 1.29 is 17.1 Å². The number of fused-ring (bicyclic) bond motifs is 6. The average molecular weight is 564 g/mol. The number of rotatable bonds is 0. The van der Waals surface area contributed by atoms with Crippen LogP contribution in [-0.2, 0) is 17.1 Å². The van der Waals surface area contributed by atoms with Gasteiger partial charge in [-0.2, -0.15) is 22.8 Å². The van der Waals surface area contributed by atoms with E-state index in [-0.39, 0.29) is 27.9 Å². The summed E-state index contributed by atoms with van der Waals surface area (Å²) in [6.45, 7) is 17.2. The minimum atomic E-state index is 0. The zero-order valence-electron chi connectivity index (χ0n) is 24.0. The molecule has 4 nitrogen and oxygen atoms in total. The van der Waals surface area contributed by atoms with Crippen LogP contribution in [0.25, 0.3) is 45.6 Å². The minimum absolute atomic E-state index is 0. The van der Waals surface area contributed by atoms with Crippen molar-refractivity contribution in [1.29, 1.82) is 0 Å². The summed E-state index contributed by atoms with van der Waals surface area (Å²) in [4.78, 5) is 0. The van der Waals surface area contributed by atoms with Crippen LogP contribution in [0.5, 0.6) is 0 Å². The standard InChI is InChI=1S/C20H24N2.C14H12N2.Cu/c1-19(2,3)15-11-9-13-7-8-14-10-12-16(20(4,5)6)22-18(14)17(13)21-15;1-9-3-5-11-7-8-12-6-4-10(2)16-14(12)13(11)15-9;/h7-12H,1-6H3;3-8H,1-2H3;/q2*-2;+1. The molecule has 4 aliphatic rings. The van der Waals surface area contributed by atoms with Crippen LogP contribution in [0.2, 0.25) is 0 Å². The van der Waals surface area contributed by atoms with Crippen molar-refractivity contribution in [1.82, 2.24) is 0 Å². The van der Waals surface area contributed by atoms with Gasteiger partial charge in [0.2, 0.25) is 0 Å². The molecule has 2 aromatic rings. The van der Waals surface area contributed by atoms with Gasteiger partial charge in [-0.25, -0.2) is 0 Å². The van der Waals surface area contributed by atoms with E-state index >= 15 is 0 Å². The molecule has 206 valence electrons. The van der Waals surface area contributed by atoms with Crippen molar-refractivity contribution in [2.75, 3.05) is 0 Å². The maximum Gasteiger partial charge on any atom is 1.00 e. The molecule has 4 heterocycles. The molecule has 0 saturated heterocycles. The van der Waals surface area contributed by atoms with Gasteiger partial charge in [-0.1, -0.05) is 128 Å². The Morgan fingerprint density at radius 1 is 0.410 bits per heavy atom. The van der Waals surface area contributed by atoms with Gasteiger partial charge < -0.3 is 21.3 Å². The zero-order valence-corrected chi connectivity index (χ0v) is 25.0. The van der Waals surface area contributed by atoms with Crippen molar-refractivity contribution in [3.63, 3.8) is 0 Å². The van der Waals surface area contributed by atoms with Crippen molar-refractivity contribution in [2.45, 2.75) is 55.4 Å². The molecule has 2 aromatic carbocycles. The van der Waals surface area contributed by atoms with E-state index in [1.165, 1.54) is 0 Å². The molecule has 0 radical (unpaired) electrons. The molecule has 0 spiro atoms. The molecule has 0 fully saturated rings. The van der Waals surface area contributed by atoms with Crippen LogP contribution in [0.4, 0.5) is 22.7 Å². The van der Waals surface area contributed by atoms with Crippen LogP contribution in [-0.4, -0.2) is 0 Å². The van der Waals surface area contributed by atoms with Gasteiger partial charge in [-0.3, -0.25) is 0 Å². The predicted molar refractivity (Wildman–Crippen MR) is 164 cm³/mol. The monoisotopic (exact) mass is 563 g/mol. The largest absolute Gasteiger partial charge is 1.00 e. The number of benzene rings is 2. The van der Waals surface area contributed by atoms with Crippen molar-refractivity contribution in [3.05, 3.63) is 113 Å². The third-order valence-electron chi connectivity index (χ3n) is 6.85. The third-order valence-corrected chi connectivity index (χ3v) is 6.85. The number of nitrogens with zero attached hydrogens (tertiary/aromatic N) is 4. The van der Waals surface area contributed by atoms with Crippen LogP contribution < -0.4 is 20.9 Å². The van der Waals surface area contributed by atoms with Gasteiger partial charge in [0.25, 0.3) is 0 Å². The molecule has 0 amide bonds. The fraction of sp³-hybridized carbons (Fsp3) is 0.294. The molecule has 0 aliphatic carbocycles. The summed E-state index contributed by atoms with van der Waals surface area (Å²) >= 11 is 0. The van der Waals surface area contributed by atoms with Crippen LogP contribution in [0, 0.1) is 10.8 Å². The Labute approximate surface area is 243 Å². The van der Waals surface area contributed by atoms with Crippen LogP contribution in [0.15, 0.2) is 71.4 Å². The van der Waals surface area contributed by atoms with E-state index < -0.39 is 0 Å². The van der Waals surface area contributed by atoms with Gasteiger partial charge in [0, 0.05) is 0 Å². The zero-order chi connectivity index (χ0) is 27.2.